The number of hydrogen-bond acceptors (Lipinski definition) is 1. The van der Waals surface area contributed by atoms with Crippen LogP contribution in [0.4, 0.5) is 4.39 Å². The molecule has 3 heteroatoms. The first-order chi connectivity index (χ1) is 12.1. The molecule has 0 radical (unpaired) electrons. The molecule has 4 rings (SSSR count). The van der Waals surface area contributed by atoms with Crippen molar-refractivity contribution in [1.29, 1.82) is 0 Å². The van der Waals surface area contributed by atoms with Crippen molar-refractivity contribution in [2.75, 3.05) is 0 Å². The van der Waals surface area contributed by atoms with Crippen LogP contribution < -0.4 is 0 Å². The van der Waals surface area contributed by atoms with E-state index in [4.69, 9.17) is 16.7 Å². The largest absolute Gasteiger partial charge is 0.508 e. The highest BCUT2D eigenvalue weighted by Crippen LogP contribution is 2.24. The second-order valence-electron chi connectivity index (χ2n) is 5.52. The Hall–Kier alpha value is -2.84. The molecule has 0 atom stereocenters. The molecule has 0 amide bonds. The summed E-state index contributed by atoms with van der Waals surface area (Å²) in [6.45, 7) is 0. The Morgan fingerprint density at radius 2 is 1.36 bits per heavy atom. The molecule has 1 N–H and O–H groups in total. The second-order valence-corrected chi connectivity index (χ2v) is 5.96. The van der Waals surface area contributed by atoms with Crippen molar-refractivity contribution in [1.82, 2.24) is 0 Å². The van der Waals surface area contributed by atoms with E-state index in [1.54, 1.807) is 24.3 Å². The lowest BCUT2D eigenvalue weighted by molar-refractivity contribution is 0.476. The van der Waals surface area contributed by atoms with E-state index in [1.807, 2.05) is 60.7 Å². The predicted octanol–water partition coefficient (Wildman–Crippen LogP) is 6.69. The Kier molecular flexibility index (Phi) is 5.32. The van der Waals surface area contributed by atoms with Crippen molar-refractivity contribution in [3.05, 3.63) is 102 Å². The Balaban J connectivity index is 0.000000150. The van der Waals surface area contributed by atoms with Gasteiger partial charge in [-0.2, -0.15) is 0 Å². The van der Waals surface area contributed by atoms with Crippen LogP contribution in [0.1, 0.15) is 0 Å². The molecule has 0 heterocycles. The molecule has 0 spiro atoms. The highest BCUT2D eigenvalue weighted by atomic mass is 35.5. The summed E-state index contributed by atoms with van der Waals surface area (Å²) in [5, 5.41) is 11.8. The van der Waals surface area contributed by atoms with Crippen molar-refractivity contribution in [3.8, 4) is 16.9 Å². The predicted molar refractivity (Wildman–Crippen MR) is 102 cm³/mol. The number of halogens is 2. The molecule has 25 heavy (non-hydrogen) atoms. The van der Waals surface area contributed by atoms with Gasteiger partial charge in [-0.05, 0) is 46.7 Å². The number of phenols is 1. The van der Waals surface area contributed by atoms with Crippen LogP contribution in [0.25, 0.3) is 21.9 Å². The standard InChI is InChI=1S/C12H8ClF.C10H8O/c13-10-6-7-11(12(14)8-10)9-4-2-1-3-5-9;11-10-6-5-8-3-1-2-4-9(8)7-10/h1-8H;1-7,11H. The van der Waals surface area contributed by atoms with Gasteiger partial charge in [0.2, 0.25) is 0 Å². The first kappa shape index (κ1) is 17.0. The molecule has 4 aromatic rings. The van der Waals surface area contributed by atoms with E-state index in [0.29, 0.717) is 16.3 Å². The van der Waals surface area contributed by atoms with Gasteiger partial charge in [-0.15, -0.1) is 0 Å². The van der Waals surface area contributed by atoms with Gasteiger partial charge in [-0.25, -0.2) is 4.39 Å². The van der Waals surface area contributed by atoms with Crippen LogP contribution in [0, 0.1) is 5.82 Å². The molecule has 0 aliphatic carbocycles. The fourth-order valence-electron chi connectivity index (χ4n) is 2.52. The zero-order chi connectivity index (χ0) is 17.6. The minimum Gasteiger partial charge on any atom is -0.508 e. The van der Waals surface area contributed by atoms with Crippen molar-refractivity contribution in [3.63, 3.8) is 0 Å². The van der Waals surface area contributed by atoms with Crippen molar-refractivity contribution < 1.29 is 9.50 Å². The van der Waals surface area contributed by atoms with E-state index in [2.05, 4.69) is 0 Å². The maximum absolute atomic E-state index is 13.5. The zero-order valence-electron chi connectivity index (χ0n) is 13.4. The molecule has 0 unspecified atom stereocenters. The van der Waals surface area contributed by atoms with Crippen LogP contribution in [0.5, 0.6) is 5.75 Å². The van der Waals surface area contributed by atoms with Crippen molar-refractivity contribution in [2.24, 2.45) is 0 Å². The van der Waals surface area contributed by atoms with Crippen LogP contribution in [-0.2, 0) is 0 Å². The number of aromatic hydroxyl groups is 1. The van der Waals surface area contributed by atoms with Gasteiger partial charge >= 0.3 is 0 Å². The average Bonchev–Trinajstić information content (AvgIpc) is 2.63. The Labute approximate surface area is 150 Å². The van der Waals surface area contributed by atoms with Gasteiger partial charge in [-0.3, -0.25) is 0 Å². The maximum Gasteiger partial charge on any atom is 0.132 e. The Morgan fingerprint density at radius 1 is 0.680 bits per heavy atom. The highest BCUT2D eigenvalue weighted by Gasteiger charge is 2.04. The van der Waals surface area contributed by atoms with Gasteiger partial charge in [0.1, 0.15) is 11.6 Å². The van der Waals surface area contributed by atoms with Gasteiger partial charge < -0.3 is 5.11 Å². The minimum absolute atomic E-state index is 0.288. The fourth-order valence-corrected chi connectivity index (χ4v) is 2.68. The molecule has 0 aliphatic heterocycles. The maximum atomic E-state index is 13.5. The lowest BCUT2D eigenvalue weighted by Crippen LogP contribution is -1.83. The highest BCUT2D eigenvalue weighted by molar-refractivity contribution is 6.30. The van der Waals surface area contributed by atoms with Gasteiger partial charge in [0.25, 0.3) is 0 Å². The fraction of sp³-hybridized carbons (Fsp3) is 0. The summed E-state index contributed by atoms with van der Waals surface area (Å²) in [7, 11) is 0. The van der Waals surface area contributed by atoms with Crippen LogP contribution in [0.15, 0.2) is 91.0 Å². The molecule has 0 aromatic heterocycles. The van der Waals surface area contributed by atoms with E-state index in [-0.39, 0.29) is 5.82 Å². The lowest BCUT2D eigenvalue weighted by Gasteiger charge is -2.02. The number of hydrogen-bond donors (Lipinski definition) is 1. The van der Waals surface area contributed by atoms with E-state index < -0.39 is 0 Å². The SMILES string of the molecule is Fc1cc(Cl)ccc1-c1ccccc1.Oc1ccc2ccccc2c1. The Bertz CT molecular complexity index is 983. The zero-order valence-corrected chi connectivity index (χ0v) is 14.1. The van der Waals surface area contributed by atoms with E-state index in [9.17, 15) is 4.39 Å². The van der Waals surface area contributed by atoms with Crippen LogP contribution in [-0.4, -0.2) is 5.11 Å². The smallest absolute Gasteiger partial charge is 0.132 e. The summed E-state index contributed by atoms with van der Waals surface area (Å²) >= 11 is 5.66. The van der Waals surface area contributed by atoms with Crippen molar-refractivity contribution in [2.45, 2.75) is 0 Å². The normalized spacial score (nSPS) is 10.2. The molecule has 1 nitrogen and oxygen atoms in total. The number of phenolic OH excluding ortho intramolecular Hbond substituents is 1. The summed E-state index contributed by atoms with van der Waals surface area (Å²) in [4.78, 5) is 0. The monoisotopic (exact) mass is 350 g/mol. The molecule has 0 aliphatic rings. The summed E-state index contributed by atoms with van der Waals surface area (Å²) in [6, 6.07) is 27.4. The van der Waals surface area contributed by atoms with Gasteiger partial charge in [0, 0.05) is 10.6 Å². The molecule has 124 valence electrons. The molecule has 0 saturated carbocycles. The molecule has 4 aromatic carbocycles. The second kappa shape index (κ2) is 7.82. The van der Waals surface area contributed by atoms with E-state index in [0.717, 1.165) is 16.3 Å². The first-order valence-corrected chi connectivity index (χ1v) is 8.19. The van der Waals surface area contributed by atoms with Crippen LogP contribution in [0.2, 0.25) is 5.02 Å². The quantitative estimate of drug-likeness (QED) is 0.405. The van der Waals surface area contributed by atoms with Crippen LogP contribution in [0.3, 0.4) is 0 Å². The molecular weight excluding hydrogens is 335 g/mol. The molecule has 0 bridgehead atoms. The summed E-state index contributed by atoms with van der Waals surface area (Å²) < 4.78 is 13.5. The first-order valence-electron chi connectivity index (χ1n) is 7.82. The molecule has 0 saturated heterocycles. The average molecular weight is 351 g/mol. The van der Waals surface area contributed by atoms with Gasteiger partial charge in [-0.1, -0.05) is 72.3 Å². The third-order valence-electron chi connectivity index (χ3n) is 3.75. The molecular formula is C22H16ClFO. The van der Waals surface area contributed by atoms with Crippen LogP contribution >= 0.6 is 11.6 Å². The lowest BCUT2D eigenvalue weighted by atomic mass is 10.1. The van der Waals surface area contributed by atoms with Crippen molar-refractivity contribution >= 4 is 22.4 Å². The summed E-state index contributed by atoms with van der Waals surface area (Å²) in [5.74, 6) is 0.0346. The minimum atomic E-state index is -0.288. The van der Waals surface area contributed by atoms with Gasteiger partial charge in [0.15, 0.2) is 0 Å². The molecule has 0 fully saturated rings. The van der Waals surface area contributed by atoms with E-state index in [1.165, 1.54) is 6.07 Å². The van der Waals surface area contributed by atoms with Gasteiger partial charge in [0.05, 0.1) is 0 Å². The summed E-state index contributed by atoms with van der Waals surface area (Å²) in [6.07, 6.45) is 0. The number of benzene rings is 4. The third kappa shape index (κ3) is 4.37. The van der Waals surface area contributed by atoms with E-state index >= 15 is 0 Å². The number of rotatable bonds is 1. The third-order valence-corrected chi connectivity index (χ3v) is 3.98. The Morgan fingerprint density at radius 3 is 2.08 bits per heavy atom. The number of fused-ring (bicyclic) bond motifs is 1. The topological polar surface area (TPSA) is 20.2 Å². The summed E-state index contributed by atoms with van der Waals surface area (Å²) in [5.41, 5.74) is 1.44.